The van der Waals surface area contributed by atoms with Gasteiger partial charge in [0.2, 0.25) is 5.91 Å². The van der Waals surface area contributed by atoms with Crippen molar-refractivity contribution in [3.05, 3.63) is 33.8 Å². The van der Waals surface area contributed by atoms with Gasteiger partial charge in [-0.05, 0) is 37.0 Å². The van der Waals surface area contributed by atoms with E-state index in [9.17, 15) is 4.79 Å². The Balaban J connectivity index is 1.77. The number of carbonyl (C=O) groups excluding carboxylic acids is 1. The summed E-state index contributed by atoms with van der Waals surface area (Å²) in [5.74, 6) is 0.137. The molecule has 0 aliphatic heterocycles. The van der Waals surface area contributed by atoms with Crippen LogP contribution in [0.4, 0.5) is 0 Å². The van der Waals surface area contributed by atoms with Gasteiger partial charge in [0, 0.05) is 12.5 Å². The van der Waals surface area contributed by atoms with Gasteiger partial charge in [-0.1, -0.05) is 48.5 Å². The zero-order valence-electron chi connectivity index (χ0n) is 10.9. The summed E-state index contributed by atoms with van der Waals surface area (Å²) in [6, 6.07) is 5.91. The molecule has 2 rings (SSSR count). The lowest BCUT2D eigenvalue weighted by molar-refractivity contribution is -0.121. The lowest BCUT2D eigenvalue weighted by Gasteiger charge is -2.22. The van der Waals surface area contributed by atoms with Crippen molar-refractivity contribution < 1.29 is 4.79 Å². The van der Waals surface area contributed by atoms with Crippen molar-refractivity contribution in [1.82, 2.24) is 5.32 Å². The number of amides is 1. The van der Waals surface area contributed by atoms with Crippen LogP contribution in [0.5, 0.6) is 0 Å². The maximum Gasteiger partial charge on any atom is 0.220 e. The molecule has 0 radical (unpaired) electrons. The van der Waals surface area contributed by atoms with Crippen LogP contribution >= 0.6 is 23.2 Å². The molecule has 4 heteroatoms. The molecule has 1 saturated carbocycles. The lowest BCUT2D eigenvalue weighted by atomic mass is 9.95. The van der Waals surface area contributed by atoms with Gasteiger partial charge < -0.3 is 5.32 Å². The SMILES string of the molecule is O=C(CCc1ccc(Cl)c(Cl)c1)NC1CCCCC1. The highest BCUT2D eigenvalue weighted by Gasteiger charge is 2.15. The first-order valence-corrected chi connectivity index (χ1v) is 7.64. The predicted molar refractivity (Wildman–Crippen MR) is 79.8 cm³/mol. The van der Waals surface area contributed by atoms with Gasteiger partial charge >= 0.3 is 0 Å². The number of aryl methyl sites for hydroxylation is 1. The molecule has 0 aromatic heterocycles. The molecule has 0 bridgehead atoms. The summed E-state index contributed by atoms with van der Waals surface area (Å²) in [6.45, 7) is 0. The molecule has 0 unspecified atom stereocenters. The van der Waals surface area contributed by atoms with Crippen molar-refractivity contribution in [3.8, 4) is 0 Å². The second kappa shape index (κ2) is 7.16. The zero-order valence-corrected chi connectivity index (χ0v) is 12.4. The van der Waals surface area contributed by atoms with Crippen LogP contribution < -0.4 is 5.32 Å². The van der Waals surface area contributed by atoms with Crippen molar-refractivity contribution >= 4 is 29.1 Å². The number of benzene rings is 1. The Morgan fingerprint density at radius 1 is 1.16 bits per heavy atom. The van der Waals surface area contributed by atoms with E-state index in [1.165, 1.54) is 19.3 Å². The van der Waals surface area contributed by atoms with E-state index >= 15 is 0 Å². The van der Waals surface area contributed by atoms with Crippen LogP contribution in [0.2, 0.25) is 10.0 Å². The molecule has 1 aliphatic carbocycles. The minimum absolute atomic E-state index is 0.137. The standard InChI is InChI=1S/C15H19Cl2NO/c16-13-8-6-11(10-14(13)17)7-9-15(19)18-12-4-2-1-3-5-12/h6,8,10,12H,1-5,7,9H2,(H,18,19). The third-order valence-corrected chi connectivity index (χ3v) is 4.33. The molecule has 1 amide bonds. The van der Waals surface area contributed by atoms with Crippen LogP contribution in [0.25, 0.3) is 0 Å². The second-order valence-electron chi connectivity index (χ2n) is 5.15. The number of nitrogens with one attached hydrogen (secondary N) is 1. The van der Waals surface area contributed by atoms with Crippen molar-refractivity contribution in [2.45, 2.75) is 51.0 Å². The van der Waals surface area contributed by atoms with Crippen molar-refractivity contribution in [2.75, 3.05) is 0 Å². The summed E-state index contributed by atoms with van der Waals surface area (Å²) < 4.78 is 0. The fourth-order valence-corrected chi connectivity index (χ4v) is 2.82. The van der Waals surface area contributed by atoms with Gasteiger partial charge in [-0.2, -0.15) is 0 Å². The Kier molecular flexibility index (Phi) is 5.53. The van der Waals surface area contributed by atoms with E-state index in [0.717, 1.165) is 18.4 Å². The molecule has 1 N–H and O–H groups in total. The molecule has 1 aromatic rings. The van der Waals surface area contributed by atoms with Crippen LogP contribution in [0.3, 0.4) is 0 Å². The number of halogens is 2. The highest BCUT2D eigenvalue weighted by Crippen LogP contribution is 2.23. The van der Waals surface area contributed by atoms with E-state index in [4.69, 9.17) is 23.2 Å². The Morgan fingerprint density at radius 2 is 1.89 bits per heavy atom. The van der Waals surface area contributed by atoms with Gasteiger partial charge in [-0.15, -0.1) is 0 Å². The Bertz CT molecular complexity index is 442. The minimum atomic E-state index is 0.137. The molecule has 104 valence electrons. The molecular formula is C15H19Cl2NO. The molecule has 1 aliphatic rings. The maximum absolute atomic E-state index is 11.9. The molecule has 19 heavy (non-hydrogen) atoms. The first-order chi connectivity index (χ1) is 9.15. The summed E-state index contributed by atoms with van der Waals surface area (Å²) in [5, 5.41) is 4.22. The zero-order chi connectivity index (χ0) is 13.7. The largest absolute Gasteiger partial charge is 0.353 e. The third kappa shape index (κ3) is 4.70. The minimum Gasteiger partial charge on any atom is -0.353 e. The smallest absolute Gasteiger partial charge is 0.220 e. The quantitative estimate of drug-likeness (QED) is 0.878. The second-order valence-corrected chi connectivity index (χ2v) is 5.97. The van der Waals surface area contributed by atoms with Gasteiger partial charge in [0.15, 0.2) is 0 Å². The average Bonchev–Trinajstić information content (AvgIpc) is 2.41. The fourth-order valence-electron chi connectivity index (χ4n) is 2.50. The van der Waals surface area contributed by atoms with Gasteiger partial charge in [0.1, 0.15) is 0 Å². The van der Waals surface area contributed by atoms with Gasteiger partial charge in [0.25, 0.3) is 0 Å². The van der Waals surface area contributed by atoms with E-state index in [-0.39, 0.29) is 5.91 Å². The van der Waals surface area contributed by atoms with E-state index in [1.54, 1.807) is 6.07 Å². The highest BCUT2D eigenvalue weighted by molar-refractivity contribution is 6.42. The highest BCUT2D eigenvalue weighted by atomic mass is 35.5. The monoisotopic (exact) mass is 299 g/mol. The van der Waals surface area contributed by atoms with Crippen molar-refractivity contribution in [3.63, 3.8) is 0 Å². The number of carbonyl (C=O) groups is 1. The first kappa shape index (κ1) is 14.7. The van der Waals surface area contributed by atoms with Crippen LogP contribution in [-0.4, -0.2) is 11.9 Å². The Hall–Kier alpha value is -0.730. The molecular weight excluding hydrogens is 281 g/mol. The normalized spacial score (nSPS) is 16.3. The predicted octanol–water partition coefficient (Wildman–Crippen LogP) is 4.37. The number of hydrogen-bond donors (Lipinski definition) is 1. The molecule has 0 heterocycles. The van der Waals surface area contributed by atoms with Crippen LogP contribution in [0.1, 0.15) is 44.1 Å². The van der Waals surface area contributed by atoms with Crippen molar-refractivity contribution in [2.24, 2.45) is 0 Å². The van der Waals surface area contributed by atoms with Crippen LogP contribution in [-0.2, 0) is 11.2 Å². The summed E-state index contributed by atoms with van der Waals surface area (Å²) in [7, 11) is 0. The number of rotatable bonds is 4. The molecule has 1 aromatic carbocycles. The summed E-state index contributed by atoms with van der Waals surface area (Å²) >= 11 is 11.8. The van der Waals surface area contributed by atoms with E-state index in [2.05, 4.69) is 5.32 Å². The van der Waals surface area contributed by atoms with Gasteiger partial charge in [-0.3, -0.25) is 4.79 Å². The molecule has 0 saturated heterocycles. The van der Waals surface area contributed by atoms with Crippen LogP contribution in [0.15, 0.2) is 18.2 Å². The molecule has 1 fully saturated rings. The molecule has 2 nitrogen and oxygen atoms in total. The maximum atomic E-state index is 11.9. The molecule has 0 atom stereocenters. The fraction of sp³-hybridized carbons (Fsp3) is 0.533. The first-order valence-electron chi connectivity index (χ1n) is 6.88. The molecule has 0 spiro atoms. The van der Waals surface area contributed by atoms with Gasteiger partial charge in [0.05, 0.1) is 10.0 Å². The third-order valence-electron chi connectivity index (χ3n) is 3.60. The summed E-state index contributed by atoms with van der Waals surface area (Å²) in [5.41, 5.74) is 1.05. The Morgan fingerprint density at radius 3 is 2.58 bits per heavy atom. The van der Waals surface area contributed by atoms with E-state index in [0.29, 0.717) is 28.9 Å². The van der Waals surface area contributed by atoms with E-state index in [1.807, 2.05) is 12.1 Å². The summed E-state index contributed by atoms with van der Waals surface area (Å²) in [6.07, 6.45) is 7.23. The van der Waals surface area contributed by atoms with E-state index < -0.39 is 0 Å². The topological polar surface area (TPSA) is 29.1 Å². The summed E-state index contributed by atoms with van der Waals surface area (Å²) in [4.78, 5) is 11.9. The lowest BCUT2D eigenvalue weighted by Crippen LogP contribution is -2.36. The Labute approximate surface area is 124 Å². The number of hydrogen-bond acceptors (Lipinski definition) is 1. The average molecular weight is 300 g/mol. The van der Waals surface area contributed by atoms with Crippen molar-refractivity contribution in [1.29, 1.82) is 0 Å². The van der Waals surface area contributed by atoms with Gasteiger partial charge in [-0.25, -0.2) is 0 Å². The van der Waals surface area contributed by atoms with Crippen LogP contribution in [0, 0.1) is 0 Å².